The molecule has 0 bridgehead atoms. The monoisotopic (exact) mass is 277 g/mol. The molecule has 1 aliphatic rings. The summed E-state index contributed by atoms with van der Waals surface area (Å²) >= 11 is 0. The molecule has 1 saturated heterocycles. The van der Waals surface area contributed by atoms with E-state index < -0.39 is 0 Å². The van der Waals surface area contributed by atoms with Gasteiger partial charge in [-0.1, -0.05) is 37.3 Å². The van der Waals surface area contributed by atoms with Gasteiger partial charge in [-0.05, 0) is 38.2 Å². The summed E-state index contributed by atoms with van der Waals surface area (Å²) in [6.07, 6.45) is 3.96. The molecule has 0 amide bonds. The molecule has 1 aliphatic heterocycles. The zero-order valence-electron chi connectivity index (χ0n) is 12.6. The second-order valence-corrected chi connectivity index (χ2v) is 6.08. The highest BCUT2D eigenvalue weighted by Crippen LogP contribution is 2.28. The zero-order chi connectivity index (χ0) is 14.4. The van der Waals surface area contributed by atoms with E-state index in [-0.39, 0.29) is 18.2 Å². The molecule has 1 heterocycles. The number of benzene rings is 1. The molecule has 3 heteroatoms. The van der Waals surface area contributed by atoms with Crippen molar-refractivity contribution in [3.8, 4) is 0 Å². The number of aliphatic hydroxyl groups is 1. The van der Waals surface area contributed by atoms with E-state index in [1.807, 2.05) is 18.2 Å². The van der Waals surface area contributed by atoms with Crippen molar-refractivity contribution in [1.29, 1.82) is 0 Å². The standard InChI is InChI=1S/C17H27NO2/c1-3-17(2)12-15(9-10-20-17)18-16(13-19)11-14-7-5-4-6-8-14/h4-8,15-16,18-19H,3,9-13H2,1-2H3. The van der Waals surface area contributed by atoms with Gasteiger partial charge in [-0.2, -0.15) is 0 Å². The molecule has 0 saturated carbocycles. The van der Waals surface area contributed by atoms with Crippen LogP contribution in [-0.2, 0) is 11.2 Å². The fraction of sp³-hybridized carbons (Fsp3) is 0.647. The van der Waals surface area contributed by atoms with Crippen LogP contribution < -0.4 is 5.32 Å². The van der Waals surface area contributed by atoms with Crippen LogP contribution in [0.1, 0.15) is 38.7 Å². The van der Waals surface area contributed by atoms with E-state index in [9.17, 15) is 5.11 Å². The zero-order valence-corrected chi connectivity index (χ0v) is 12.6. The Morgan fingerprint density at radius 2 is 2.15 bits per heavy atom. The maximum atomic E-state index is 9.61. The molecule has 0 spiro atoms. The third-order valence-electron chi connectivity index (χ3n) is 4.36. The molecular formula is C17H27NO2. The smallest absolute Gasteiger partial charge is 0.0666 e. The van der Waals surface area contributed by atoms with E-state index in [2.05, 4.69) is 31.3 Å². The van der Waals surface area contributed by atoms with Crippen LogP contribution in [0.25, 0.3) is 0 Å². The van der Waals surface area contributed by atoms with Crippen molar-refractivity contribution in [3.63, 3.8) is 0 Å². The average Bonchev–Trinajstić information content (AvgIpc) is 2.48. The van der Waals surface area contributed by atoms with Gasteiger partial charge in [0.2, 0.25) is 0 Å². The third kappa shape index (κ3) is 4.30. The van der Waals surface area contributed by atoms with Crippen molar-refractivity contribution >= 4 is 0 Å². The molecule has 3 unspecified atom stereocenters. The summed E-state index contributed by atoms with van der Waals surface area (Å²) in [5.74, 6) is 0. The highest BCUT2D eigenvalue weighted by molar-refractivity contribution is 5.16. The van der Waals surface area contributed by atoms with Crippen LogP contribution in [-0.4, -0.2) is 36.0 Å². The van der Waals surface area contributed by atoms with Gasteiger partial charge in [-0.25, -0.2) is 0 Å². The number of aliphatic hydroxyl groups excluding tert-OH is 1. The van der Waals surface area contributed by atoms with Crippen LogP contribution >= 0.6 is 0 Å². The van der Waals surface area contributed by atoms with Crippen molar-refractivity contribution in [2.24, 2.45) is 0 Å². The van der Waals surface area contributed by atoms with Gasteiger partial charge in [0, 0.05) is 18.7 Å². The first-order valence-electron chi connectivity index (χ1n) is 7.70. The highest BCUT2D eigenvalue weighted by atomic mass is 16.5. The Labute approximate surface area is 122 Å². The van der Waals surface area contributed by atoms with Crippen LogP contribution in [0.2, 0.25) is 0 Å². The van der Waals surface area contributed by atoms with Gasteiger partial charge in [-0.3, -0.25) is 0 Å². The molecular weight excluding hydrogens is 250 g/mol. The lowest BCUT2D eigenvalue weighted by atomic mass is 9.89. The van der Waals surface area contributed by atoms with Gasteiger partial charge in [0.1, 0.15) is 0 Å². The van der Waals surface area contributed by atoms with Crippen molar-refractivity contribution < 1.29 is 9.84 Å². The Balaban J connectivity index is 1.89. The second-order valence-electron chi connectivity index (χ2n) is 6.08. The first-order chi connectivity index (χ1) is 9.65. The van der Waals surface area contributed by atoms with Gasteiger partial charge < -0.3 is 15.2 Å². The quantitative estimate of drug-likeness (QED) is 0.839. The van der Waals surface area contributed by atoms with Gasteiger partial charge in [-0.15, -0.1) is 0 Å². The first kappa shape index (κ1) is 15.5. The minimum absolute atomic E-state index is 0.0112. The van der Waals surface area contributed by atoms with Crippen molar-refractivity contribution in [2.75, 3.05) is 13.2 Å². The summed E-state index contributed by atoms with van der Waals surface area (Å²) in [5, 5.41) is 13.2. The Kier molecular flexibility index (Phi) is 5.58. The molecule has 0 aromatic heterocycles. The fourth-order valence-electron chi connectivity index (χ4n) is 2.93. The minimum Gasteiger partial charge on any atom is -0.395 e. The molecule has 3 nitrogen and oxygen atoms in total. The SMILES string of the molecule is CCC1(C)CC(NC(CO)Cc2ccccc2)CCO1. The van der Waals surface area contributed by atoms with E-state index in [0.717, 1.165) is 32.3 Å². The molecule has 2 N–H and O–H groups in total. The maximum Gasteiger partial charge on any atom is 0.0666 e. The van der Waals surface area contributed by atoms with E-state index in [0.29, 0.717) is 6.04 Å². The first-order valence-corrected chi connectivity index (χ1v) is 7.70. The van der Waals surface area contributed by atoms with Crippen LogP contribution in [0.3, 0.4) is 0 Å². The normalized spacial score (nSPS) is 28.2. The Bertz CT molecular complexity index is 395. The molecule has 0 radical (unpaired) electrons. The van der Waals surface area contributed by atoms with Gasteiger partial charge >= 0.3 is 0 Å². The fourth-order valence-corrected chi connectivity index (χ4v) is 2.93. The Morgan fingerprint density at radius 3 is 2.80 bits per heavy atom. The molecule has 1 aromatic carbocycles. The third-order valence-corrected chi connectivity index (χ3v) is 4.36. The number of hydrogen-bond donors (Lipinski definition) is 2. The van der Waals surface area contributed by atoms with E-state index >= 15 is 0 Å². The summed E-state index contributed by atoms with van der Waals surface area (Å²) < 4.78 is 5.88. The summed E-state index contributed by atoms with van der Waals surface area (Å²) in [6.45, 7) is 5.35. The van der Waals surface area contributed by atoms with Crippen LogP contribution in [0.5, 0.6) is 0 Å². The highest BCUT2D eigenvalue weighted by Gasteiger charge is 2.32. The van der Waals surface area contributed by atoms with E-state index in [4.69, 9.17) is 4.74 Å². The summed E-state index contributed by atoms with van der Waals surface area (Å²) in [5.41, 5.74) is 1.26. The van der Waals surface area contributed by atoms with Gasteiger partial charge in [0.25, 0.3) is 0 Å². The lowest BCUT2D eigenvalue weighted by Gasteiger charge is -2.39. The topological polar surface area (TPSA) is 41.5 Å². The molecule has 3 atom stereocenters. The molecule has 20 heavy (non-hydrogen) atoms. The van der Waals surface area contributed by atoms with Crippen molar-refractivity contribution in [1.82, 2.24) is 5.32 Å². The van der Waals surface area contributed by atoms with Gasteiger partial charge in [0.05, 0.1) is 12.2 Å². The second kappa shape index (κ2) is 7.21. The van der Waals surface area contributed by atoms with E-state index in [1.54, 1.807) is 0 Å². The molecule has 2 rings (SSSR count). The average molecular weight is 277 g/mol. The van der Waals surface area contributed by atoms with Crippen molar-refractivity contribution in [2.45, 2.75) is 57.2 Å². The Morgan fingerprint density at radius 1 is 1.40 bits per heavy atom. The van der Waals surface area contributed by atoms with Crippen LogP contribution in [0.15, 0.2) is 30.3 Å². The van der Waals surface area contributed by atoms with Crippen LogP contribution in [0.4, 0.5) is 0 Å². The summed E-state index contributed by atoms with van der Waals surface area (Å²) in [4.78, 5) is 0. The molecule has 0 aliphatic carbocycles. The summed E-state index contributed by atoms with van der Waals surface area (Å²) in [6, 6.07) is 10.9. The molecule has 112 valence electrons. The summed E-state index contributed by atoms with van der Waals surface area (Å²) in [7, 11) is 0. The lowest BCUT2D eigenvalue weighted by molar-refractivity contribution is -0.0796. The Hall–Kier alpha value is -0.900. The molecule has 1 fully saturated rings. The van der Waals surface area contributed by atoms with E-state index in [1.165, 1.54) is 5.56 Å². The van der Waals surface area contributed by atoms with Crippen LogP contribution in [0, 0.1) is 0 Å². The van der Waals surface area contributed by atoms with Crippen molar-refractivity contribution in [3.05, 3.63) is 35.9 Å². The maximum absolute atomic E-state index is 9.61. The minimum atomic E-state index is -0.0112. The predicted molar refractivity (Wildman–Crippen MR) is 81.8 cm³/mol. The van der Waals surface area contributed by atoms with Gasteiger partial charge in [0.15, 0.2) is 0 Å². The largest absolute Gasteiger partial charge is 0.395 e. The predicted octanol–water partition coefficient (Wildman–Crippen LogP) is 2.53. The number of ether oxygens (including phenoxy) is 1. The number of nitrogens with one attached hydrogen (secondary N) is 1. The lowest BCUT2D eigenvalue weighted by Crippen LogP contribution is -2.49. The number of rotatable bonds is 6. The molecule has 1 aromatic rings. The number of hydrogen-bond acceptors (Lipinski definition) is 3.